The van der Waals surface area contributed by atoms with Crippen LogP contribution in [0.5, 0.6) is 0 Å². The number of aromatic nitrogens is 8. The van der Waals surface area contributed by atoms with Crippen LogP contribution in [0.25, 0.3) is 66.7 Å². The van der Waals surface area contributed by atoms with Crippen LogP contribution >= 0.6 is 45.2 Å². The number of H-pyrrole nitrogens is 4. The van der Waals surface area contributed by atoms with E-state index in [4.69, 9.17) is 49.3 Å². The maximum atomic E-state index is 13.8. The number of esters is 1. The van der Waals surface area contributed by atoms with Crippen LogP contribution in [0.1, 0.15) is 163 Å². The Hall–Kier alpha value is -10.7. The molecule has 0 aliphatic carbocycles. The summed E-state index contributed by atoms with van der Waals surface area (Å²) in [4.78, 5) is 141. The predicted molar refractivity (Wildman–Crippen MR) is 507 cm³/mol. The summed E-state index contributed by atoms with van der Waals surface area (Å²) in [6.45, 7) is 26.4. The molecule has 4 saturated heterocycles. The van der Waals surface area contributed by atoms with Crippen molar-refractivity contribution >= 4 is 140 Å². The van der Waals surface area contributed by atoms with Gasteiger partial charge < -0.3 is 94.5 Å². The number of carbonyl (C=O) groups excluding carboxylic acids is 8. The molecular formula is C93H117B2I2N15O16. The highest BCUT2D eigenvalue weighted by Crippen LogP contribution is 2.42. The van der Waals surface area contributed by atoms with Crippen molar-refractivity contribution in [3.05, 3.63) is 176 Å². The summed E-state index contributed by atoms with van der Waals surface area (Å²) in [6.07, 6.45) is 5.11. The van der Waals surface area contributed by atoms with Crippen molar-refractivity contribution in [2.45, 2.75) is 157 Å². The zero-order valence-corrected chi connectivity index (χ0v) is 79.4. The molecular weight excluding hydrogens is 1860 g/mol. The highest BCUT2D eigenvalue weighted by atomic mass is 127. The first-order valence-electron chi connectivity index (χ1n) is 43.3. The van der Waals surface area contributed by atoms with Gasteiger partial charge in [-0.1, -0.05) is 186 Å². The quantitative estimate of drug-likeness (QED) is 0.0123. The molecule has 4 aromatic heterocycles. The number of methoxy groups -OCH3 is 4. The minimum absolute atomic E-state index is 0.0137. The van der Waals surface area contributed by atoms with E-state index < -0.39 is 50.6 Å². The summed E-state index contributed by atoms with van der Waals surface area (Å²) >= 11 is 4.44. The van der Waals surface area contributed by atoms with Crippen LogP contribution in [-0.4, -0.2) is 214 Å². The summed E-state index contributed by atoms with van der Waals surface area (Å²) in [7, 11) is 2.31. The van der Waals surface area contributed by atoms with Crippen LogP contribution < -0.4 is 26.9 Å². The fourth-order valence-electron chi connectivity index (χ4n) is 17.0. The van der Waals surface area contributed by atoms with Gasteiger partial charge in [0, 0.05) is 29.7 Å². The van der Waals surface area contributed by atoms with Crippen LogP contribution in [-0.2, 0) is 42.9 Å². The standard InChI is InChI=1S/C46H56N8O6.C20H26IN3O3.C15H23IN4O3.C12H12B2O4/c1-25(2)39(51-45(57)59-7)43(55)53-23-27(5)19-37(53)41-47-22-36(50-41)32-15-13-30(14-16-32)29-9-11-31(12-10-29)33-17-18-34-35(21-33)49-42(48-34)38-20-28(6)24-54(38)44(56)40(26(3)4)52-46(58)60-8;1-11(2)14(9-18(25)27-4)20(26)24-10-12(3)7-17(24)19-22-15-6-5-13(21)8-16(15)23-19;1-8(2)12(19-15(22)23-4)14(21)20-7-9(3)5-10(20)13-17-6-11(16)18-13;15-13(16)11-5-1-9(2-6-11)10-3-7-12(8-4-10)14(17)18/h9-18,21-22,25-28,37-40H,19-20,23-24H2,1-8H3,(H,47,50)(H,48,49)(H,51,57)(H,52,58);5-6,8,11-12,14,17H,7,9-10H2,1-4H3,(H,22,23);6,8-10,12H,5,7H2,1-4H3,(H,17,18)(H,19,22);1-8,15-18H/t27-,28-,37-,38-,39-,40-;12-,14-,17-;9-,10-,12-;/m000./s1. The van der Waals surface area contributed by atoms with Gasteiger partial charge in [0.2, 0.25) is 23.6 Å². The minimum atomic E-state index is -1.47. The van der Waals surface area contributed by atoms with Crippen molar-refractivity contribution in [3.8, 4) is 44.6 Å². The monoisotopic (exact) mass is 1980 g/mol. The molecule has 11 N–H and O–H groups in total. The number of amides is 7. The number of nitrogens with zero attached hydrogens (tertiary/aromatic N) is 8. The summed E-state index contributed by atoms with van der Waals surface area (Å²) in [5.74, 6) is 3.14. The van der Waals surface area contributed by atoms with Crippen molar-refractivity contribution in [3.63, 3.8) is 0 Å². The average Bonchev–Trinajstić information content (AvgIpc) is 1.63. The Kier molecular flexibility index (Phi) is 33.7. The second-order valence-electron chi connectivity index (χ2n) is 35.2. The van der Waals surface area contributed by atoms with Crippen LogP contribution in [0.15, 0.2) is 146 Å². The number of benzene rings is 6. The molecule has 0 saturated carbocycles. The van der Waals surface area contributed by atoms with Crippen molar-refractivity contribution in [2.75, 3.05) is 54.6 Å². The number of hydrogen-bond acceptors (Lipinski definition) is 20. The largest absolute Gasteiger partial charge is 0.488 e. The smallest absolute Gasteiger partial charge is 0.469 e. The predicted octanol–water partition coefficient (Wildman–Crippen LogP) is 12.8. The first-order valence-corrected chi connectivity index (χ1v) is 45.5. The van der Waals surface area contributed by atoms with Gasteiger partial charge in [-0.2, -0.15) is 0 Å². The van der Waals surface area contributed by atoms with E-state index in [0.29, 0.717) is 48.9 Å². The van der Waals surface area contributed by atoms with Gasteiger partial charge in [-0.25, -0.2) is 34.3 Å². The molecule has 4 fully saturated rings. The highest BCUT2D eigenvalue weighted by Gasteiger charge is 2.45. The van der Waals surface area contributed by atoms with E-state index in [1.165, 1.54) is 28.4 Å². The molecule has 128 heavy (non-hydrogen) atoms. The number of nitrogens with one attached hydrogen (secondary N) is 7. The number of halogens is 2. The third kappa shape index (κ3) is 24.2. The van der Waals surface area contributed by atoms with Gasteiger partial charge in [0.25, 0.3) is 0 Å². The summed E-state index contributed by atoms with van der Waals surface area (Å²) < 4.78 is 21.1. The Balaban J connectivity index is 0.000000191. The number of rotatable bonds is 23. The Morgan fingerprint density at radius 3 is 1.09 bits per heavy atom. The Labute approximate surface area is 774 Å². The zero-order chi connectivity index (χ0) is 92.8. The molecule has 4 aliphatic rings. The highest BCUT2D eigenvalue weighted by molar-refractivity contribution is 14.1. The van der Waals surface area contributed by atoms with Crippen molar-refractivity contribution < 1.29 is 77.4 Å². The molecule has 14 rings (SSSR count). The summed E-state index contributed by atoms with van der Waals surface area (Å²) in [6, 6.07) is 40.0. The van der Waals surface area contributed by atoms with Crippen molar-refractivity contribution in [1.82, 2.24) is 75.4 Å². The van der Waals surface area contributed by atoms with Crippen molar-refractivity contribution in [1.29, 1.82) is 0 Å². The fourth-order valence-corrected chi connectivity index (χ4v) is 17.9. The molecule has 35 heteroatoms. The van der Waals surface area contributed by atoms with Crippen LogP contribution in [0.3, 0.4) is 0 Å². The van der Waals surface area contributed by atoms with Crippen LogP contribution in [0, 0.1) is 60.5 Å². The number of carbonyl (C=O) groups is 8. The maximum absolute atomic E-state index is 13.8. The zero-order valence-electron chi connectivity index (χ0n) is 75.1. The molecule has 680 valence electrons. The van der Waals surface area contributed by atoms with Gasteiger partial charge in [-0.3, -0.25) is 24.0 Å². The number of imidazole rings is 4. The van der Waals surface area contributed by atoms with Gasteiger partial charge in [0.05, 0.1) is 109 Å². The van der Waals surface area contributed by atoms with Crippen LogP contribution in [0.4, 0.5) is 14.4 Å². The third-order valence-corrected chi connectivity index (χ3v) is 25.2. The number of alkyl carbamates (subject to hydrolysis) is 3. The lowest BCUT2D eigenvalue weighted by Gasteiger charge is -2.30. The molecule has 8 heterocycles. The lowest BCUT2D eigenvalue weighted by Crippen LogP contribution is -2.51. The molecule has 12 atom stereocenters. The Morgan fingerprint density at radius 2 is 0.734 bits per heavy atom. The molecule has 0 unspecified atom stereocenters. The molecule has 7 amide bonds. The maximum Gasteiger partial charge on any atom is 0.488 e. The van der Waals surface area contributed by atoms with Gasteiger partial charge in [0.15, 0.2) is 0 Å². The van der Waals surface area contributed by atoms with E-state index in [-0.39, 0.29) is 102 Å². The van der Waals surface area contributed by atoms with E-state index in [1.54, 1.807) is 54.7 Å². The van der Waals surface area contributed by atoms with Crippen molar-refractivity contribution in [2.24, 2.45) is 53.3 Å². The van der Waals surface area contributed by atoms with Gasteiger partial charge in [-0.05, 0) is 198 Å². The lowest BCUT2D eigenvalue weighted by molar-refractivity contribution is -0.148. The third-order valence-electron chi connectivity index (χ3n) is 24.0. The number of likely N-dealkylation sites (tertiary alicyclic amines) is 4. The van der Waals surface area contributed by atoms with E-state index in [9.17, 15) is 38.4 Å². The number of aromatic amines is 4. The van der Waals surface area contributed by atoms with Gasteiger partial charge in [-0.15, -0.1) is 0 Å². The normalized spacial score (nSPS) is 19.3. The molecule has 4 aliphatic heterocycles. The van der Waals surface area contributed by atoms with Gasteiger partial charge >= 0.3 is 38.5 Å². The topological polar surface area (TPSA) is 418 Å². The molecule has 31 nitrogen and oxygen atoms in total. The van der Waals surface area contributed by atoms with Crippen LogP contribution in [0.2, 0.25) is 0 Å². The van der Waals surface area contributed by atoms with Gasteiger partial charge in [0.1, 0.15) is 41.4 Å². The summed E-state index contributed by atoms with van der Waals surface area (Å²) in [5, 5.41) is 44.0. The minimum Gasteiger partial charge on any atom is -0.469 e. The molecule has 0 bridgehead atoms. The summed E-state index contributed by atoms with van der Waals surface area (Å²) in [5.41, 5.74) is 12.4. The van der Waals surface area contributed by atoms with E-state index >= 15 is 0 Å². The Morgan fingerprint density at radius 1 is 0.406 bits per heavy atom. The lowest BCUT2D eigenvalue weighted by atomic mass is 9.78. The second-order valence-corrected chi connectivity index (χ2v) is 37.6. The molecule has 10 aromatic rings. The average molecular weight is 1980 g/mol. The molecule has 0 radical (unpaired) electrons. The number of hydrogen-bond donors (Lipinski definition) is 11. The first-order chi connectivity index (χ1) is 60.9. The van der Waals surface area contributed by atoms with E-state index in [2.05, 4.69) is 185 Å². The van der Waals surface area contributed by atoms with E-state index in [1.807, 2.05) is 99.4 Å². The number of fused-ring (bicyclic) bond motifs is 2. The fraction of sp³-hybridized carbons (Fsp3) is 0.441. The second kappa shape index (κ2) is 44.1. The molecule has 6 aromatic carbocycles. The number of ether oxygens (including phenoxy) is 4. The SMILES string of the molecule is COC(=O)C[C@H](C(=O)N1C[C@@H](C)C[C@H]1c1nc2ccc(I)cc2[nH]1)C(C)C.COC(=O)N[C@H](C(=O)N1C[C@@H](C)C[C@H]1c1ncc(-c2ccc(-c3ccc(-c4ccc5nc([C@@H]6C[C@H](C)CN6C(=O)[C@@H](NC(=O)OC)C(C)C)[nH]c5c4)cc3)cc2)[nH]1)C(C)C.COC(=O)N[C@H](C(=O)N1C[C@@H](C)C[C@H]1c1ncc(I)[nH]1)C(C)C.OB(O)c1ccc(-c2ccc(B(O)O)cc2)cc1. The first kappa shape index (κ1) is 97.9. The Bertz CT molecular complexity index is 5430. The molecule has 0 spiro atoms. The van der Waals surface area contributed by atoms with E-state index in [0.717, 1.165) is 123 Å².